The van der Waals surface area contributed by atoms with Gasteiger partial charge in [-0.3, -0.25) is 4.79 Å². The normalized spacial score (nSPS) is 11.3. The Morgan fingerprint density at radius 2 is 1.84 bits per heavy atom. The van der Waals surface area contributed by atoms with Crippen molar-refractivity contribution < 1.29 is 14.7 Å². The lowest BCUT2D eigenvalue weighted by Crippen LogP contribution is -2.17. The van der Waals surface area contributed by atoms with Gasteiger partial charge >= 0.3 is 5.97 Å². The van der Waals surface area contributed by atoms with Gasteiger partial charge in [0.1, 0.15) is 5.57 Å². The zero-order valence-corrected chi connectivity index (χ0v) is 12.2. The molecule has 0 saturated heterocycles. The zero-order valence-electron chi connectivity index (χ0n) is 10.7. The number of hydrogen-bond donors (Lipinski definition) is 1. The van der Waals surface area contributed by atoms with Gasteiger partial charge in [-0.2, -0.15) is 0 Å². The number of benzene rings is 1. The van der Waals surface area contributed by atoms with Gasteiger partial charge in [0, 0.05) is 30.9 Å². The number of aliphatic carboxylic acids is 1. The maximum atomic E-state index is 12.2. The predicted molar refractivity (Wildman–Crippen MR) is 74.9 cm³/mol. The molecule has 0 fully saturated rings. The Hall–Kier alpha value is -1.52. The number of carbonyl (C=O) groups excluding carboxylic acids is 1. The third-order valence-electron chi connectivity index (χ3n) is 2.43. The van der Waals surface area contributed by atoms with Crippen molar-refractivity contribution in [3.63, 3.8) is 0 Å². The van der Waals surface area contributed by atoms with Crippen LogP contribution in [-0.4, -0.2) is 35.9 Å². The van der Waals surface area contributed by atoms with Crippen LogP contribution in [0.15, 0.2) is 23.9 Å². The first-order valence-corrected chi connectivity index (χ1v) is 6.12. The monoisotopic (exact) mass is 301 g/mol. The molecule has 0 unspecified atom stereocenters. The highest BCUT2D eigenvalue weighted by molar-refractivity contribution is 6.39. The third-order valence-corrected chi connectivity index (χ3v) is 3.32. The van der Waals surface area contributed by atoms with E-state index in [-0.39, 0.29) is 16.2 Å². The Morgan fingerprint density at radius 3 is 2.32 bits per heavy atom. The number of halogens is 2. The lowest BCUT2D eigenvalue weighted by molar-refractivity contribution is -0.132. The number of rotatable bonds is 4. The van der Waals surface area contributed by atoms with Crippen LogP contribution >= 0.6 is 23.2 Å². The molecule has 1 aromatic rings. The van der Waals surface area contributed by atoms with Crippen molar-refractivity contribution in [1.29, 1.82) is 0 Å². The molecule has 0 aliphatic heterocycles. The number of nitrogens with zero attached hydrogens (tertiary/aromatic N) is 1. The summed E-state index contributed by atoms with van der Waals surface area (Å²) in [5.74, 6) is -1.95. The van der Waals surface area contributed by atoms with Crippen LogP contribution in [-0.2, 0) is 4.79 Å². The van der Waals surface area contributed by atoms with Gasteiger partial charge in [-0.05, 0) is 24.6 Å². The van der Waals surface area contributed by atoms with E-state index in [4.69, 9.17) is 28.3 Å². The first-order chi connectivity index (χ1) is 8.75. The molecular formula is C13H13Cl2NO3. The second-order valence-electron chi connectivity index (χ2n) is 4.17. The van der Waals surface area contributed by atoms with E-state index in [1.807, 2.05) is 0 Å². The van der Waals surface area contributed by atoms with E-state index in [1.54, 1.807) is 21.0 Å². The maximum absolute atomic E-state index is 12.2. The Labute approximate surface area is 121 Å². The lowest BCUT2D eigenvalue weighted by atomic mass is 10.0. The lowest BCUT2D eigenvalue weighted by Gasteiger charge is -2.10. The number of carbonyl (C=O) groups is 2. The van der Waals surface area contributed by atoms with Crippen LogP contribution in [0, 0.1) is 6.92 Å². The van der Waals surface area contributed by atoms with Gasteiger partial charge in [0.15, 0.2) is 0 Å². The Kier molecular flexibility index (Phi) is 4.97. The second kappa shape index (κ2) is 6.08. The standard InChI is InChI=1S/C13H13Cl2NO3/c1-7-10(14)5-4-8(11(7)15)12(17)9(13(18)19)6-16(2)3/h4-6H,1-3H3,(H,18,19)/b9-6-. The maximum Gasteiger partial charge on any atom is 0.341 e. The van der Waals surface area contributed by atoms with Crippen molar-refractivity contribution in [2.24, 2.45) is 0 Å². The molecule has 4 nitrogen and oxygen atoms in total. The summed E-state index contributed by atoms with van der Waals surface area (Å²) in [5.41, 5.74) is 0.316. The van der Waals surface area contributed by atoms with Crippen molar-refractivity contribution in [2.45, 2.75) is 6.92 Å². The van der Waals surface area contributed by atoms with E-state index in [1.165, 1.54) is 23.2 Å². The molecular weight excluding hydrogens is 289 g/mol. The highest BCUT2D eigenvalue weighted by Crippen LogP contribution is 2.28. The van der Waals surface area contributed by atoms with Gasteiger partial charge in [0.25, 0.3) is 0 Å². The van der Waals surface area contributed by atoms with Crippen molar-refractivity contribution in [3.8, 4) is 0 Å². The summed E-state index contributed by atoms with van der Waals surface area (Å²) < 4.78 is 0. The van der Waals surface area contributed by atoms with Crippen LogP contribution in [0.2, 0.25) is 10.0 Å². The summed E-state index contributed by atoms with van der Waals surface area (Å²) in [7, 11) is 3.26. The fourth-order valence-electron chi connectivity index (χ4n) is 1.45. The van der Waals surface area contributed by atoms with E-state index in [0.29, 0.717) is 10.6 Å². The zero-order chi connectivity index (χ0) is 14.7. The van der Waals surface area contributed by atoms with E-state index in [9.17, 15) is 9.59 Å². The average molecular weight is 302 g/mol. The van der Waals surface area contributed by atoms with Gasteiger partial charge in [0.2, 0.25) is 5.78 Å². The minimum atomic E-state index is -1.30. The molecule has 0 aliphatic rings. The van der Waals surface area contributed by atoms with Gasteiger partial charge < -0.3 is 10.0 Å². The number of ketones is 1. The van der Waals surface area contributed by atoms with Crippen LogP contribution in [0.25, 0.3) is 0 Å². The minimum absolute atomic E-state index is 0.124. The molecule has 0 amide bonds. The molecule has 0 aromatic heterocycles. The molecule has 6 heteroatoms. The summed E-state index contributed by atoms with van der Waals surface area (Å²) in [4.78, 5) is 24.8. The smallest absolute Gasteiger partial charge is 0.341 e. The van der Waals surface area contributed by atoms with Gasteiger partial charge in [-0.1, -0.05) is 23.2 Å². The Morgan fingerprint density at radius 1 is 1.26 bits per heavy atom. The number of hydrogen-bond acceptors (Lipinski definition) is 3. The number of carboxylic acids is 1. The second-order valence-corrected chi connectivity index (χ2v) is 4.96. The first kappa shape index (κ1) is 15.5. The predicted octanol–water partition coefficient (Wildman–Crippen LogP) is 3.01. The fraction of sp³-hybridized carbons (Fsp3) is 0.231. The quantitative estimate of drug-likeness (QED) is 0.402. The van der Waals surface area contributed by atoms with Crippen molar-refractivity contribution in [1.82, 2.24) is 4.90 Å². The van der Waals surface area contributed by atoms with Crippen LogP contribution in [0.4, 0.5) is 0 Å². The fourth-order valence-corrected chi connectivity index (χ4v) is 1.91. The minimum Gasteiger partial charge on any atom is -0.477 e. The molecule has 0 atom stereocenters. The molecule has 0 spiro atoms. The van der Waals surface area contributed by atoms with E-state index < -0.39 is 11.8 Å². The molecule has 1 N–H and O–H groups in total. The van der Waals surface area contributed by atoms with E-state index >= 15 is 0 Å². The van der Waals surface area contributed by atoms with Gasteiger partial charge in [-0.25, -0.2) is 4.79 Å². The molecule has 0 radical (unpaired) electrons. The number of Topliss-reactive ketones (excluding diaryl/α,β-unsaturated/α-hetero) is 1. The molecule has 102 valence electrons. The van der Waals surface area contributed by atoms with Crippen molar-refractivity contribution in [3.05, 3.63) is 45.1 Å². The molecule has 0 saturated carbocycles. The summed E-state index contributed by atoms with van der Waals surface area (Å²) in [6.45, 7) is 1.66. The highest BCUT2D eigenvalue weighted by atomic mass is 35.5. The Balaban J connectivity index is 3.34. The largest absolute Gasteiger partial charge is 0.477 e. The highest BCUT2D eigenvalue weighted by Gasteiger charge is 2.23. The van der Waals surface area contributed by atoms with E-state index in [0.717, 1.165) is 0 Å². The van der Waals surface area contributed by atoms with Crippen LogP contribution < -0.4 is 0 Å². The summed E-state index contributed by atoms with van der Waals surface area (Å²) in [6.07, 6.45) is 1.24. The Bertz CT molecular complexity index is 565. The number of carboxylic acid groups (broad SMARTS) is 1. The topological polar surface area (TPSA) is 57.6 Å². The first-order valence-electron chi connectivity index (χ1n) is 5.36. The SMILES string of the molecule is Cc1c(Cl)ccc(C(=O)/C(=C/N(C)C)C(=O)O)c1Cl. The molecule has 0 aliphatic carbocycles. The molecule has 0 heterocycles. The van der Waals surface area contributed by atoms with Crippen LogP contribution in [0.1, 0.15) is 15.9 Å². The van der Waals surface area contributed by atoms with Gasteiger partial charge in [0.05, 0.1) is 5.02 Å². The summed E-state index contributed by atoms with van der Waals surface area (Å²) in [5, 5.41) is 9.68. The van der Waals surface area contributed by atoms with Crippen LogP contribution in [0.5, 0.6) is 0 Å². The summed E-state index contributed by atoms with van der Waals surface area (Å²) in [6, 6.07) is 2.94. The molecule has 1 rings (SSSR count). The average Bonchev–Trinajstić information content (AvgIpc) is 2.32. The van der Waals surface area contributed by atoms with Crippen molar-refractivity contribution >= 4 is 35.0 Å². The third kappa shape index (κ3) is 3.49. The van der Waals surface area contributed by atoms with Crippen LogP contribution in [0.3, 0.4) is 0 Å². The van der Waals surface area contributed by atoms with Gasteiger partial charge in [-0.15, -0.1) is 0 Å². The molecule has 0 bridgehead atoms. The van der Waals surface area contributed by atoms with E-state index in [2.05, 4.69) is 0 Å². The van der Waals surface area contributed by atoms with Crippen molar-refractivity contribution in [2.75, 3.05) is 14.1 Å². The molecule has 1 aromatic carbocycles. The molecule has 19 heavy (non-hydrogen) atoms. The summed E-state index contributed by atoms with van der Waals surface area (Å²) >= 11 is 11.9.